The molecule has 0 amide bonds. The van der Waals surface area contributed by atoms with Crippen LogP contribution in [0.4, 0.5) is 0 Å². The predicted molar refractivity (Wildman–Crippen MR) is 68.4 cm³/mol. The first-order chi connectivity index (χ1) is 7.72. The summed E-state index contributed by atoms with van der Waals surface area (Å²) >= 11 is 0. The average molecular weight is 226 g/mol. The van der Waals surface area contributed by atoms with Crippen LogP contribution in [0.3, 0.4) is 0 Å². The van der Waals surface area contributed by atoms with Gasteiger partial charge in [-0.2, -0.15) is 0 Å². The third kappa shape index (κ3) is 8.51. The topological polar surface area (TPSA) is 26.3 Å². The first-order valence-electron chi connectivity index (χ1n) is 6.57. The predicted octanol–water partition coefficient (Wildman–Crippen LogP) is 4.25. The van der Waals surface area contributed by atoms with E-state index in [1.54, 1.807) is 0 Å². The van der Waals surface area contributed by atoms with Gasteiger partial charge >= 0.3 is 5.97 Å². The van der Waals surface area contributed by atoms with Gasteiger partial charge in [0.15, 0.2) is 0 Å². The molecule has 0 atom stereocenters. The van der Waals surface area contributed by atoms with Crippen LogP contribution < -0.4 is 0 Å². The molecule has 16 heavy (non-hydrogen) atoms. The van der Waals surface area contributed by atoms with E-state index >= 15 is 0 Å². The number of carbonyl (C=O) groups excluding carboxylic acids is 1. The van der Waals surface area contributed by atoms with Gasteiger partial charge in [-0.1, -0.05) is 52.5 Å². The van der Waals surface area contributed by atoms with Gasteiger partial charge in [0.05, 0.1) is 6.61 Å². The van der Waals surface area contributed by atoms with Crippen molar-refractivity contribution >= 4 is 5.97 Å². The van der Waals surface area contributed by atoms with Crippen molar-refractivity contribution < 1.29 is 9.53 Å². The molecular weight excluding hydrogens is 200 g/mol. The molecular formula is C14H26O2. The molecule has 0 aromatic rings. The van der Waals surface area contributed by atoms with E-state index in [1.807, 2.05) is 0 Å². The minimum absolute atomic E-state index is 0.205. The van der Waals surface area contributed by atoms with Crippen molar-refractivity contribution in [3.63, 3.8) is 0 Å². The molecule has 2 nitrogen and oxygen atoms in total. The van der Waals surface area contributed by atoms with Gasteiger partial charge in [0.25, 0.3) is 0 Å². The molecule has 0 aromatic carbocycles. The van der Waals surface area contributed by atoms with Crippen molar-refractivity contribution in [2.75, 3.05) is 6.61 Å². The van der Waals surface area contributed by atoms with Crippen molar-refractivity contribution in [2.45, 2.75) is 65.2 Å². The molecule has 0 heterocycles. The fourth-order valence-corrected chi connectivity index (χ4v) is 1.46. The zero-order chi connectivity index (χ0) is 12.2. The standard InChI is InChI=1S/C14H26O2/c1-4-6-8-9-10-12-16-14(15)13(3)11-7-5-2/h3-12H2,1-2H3. The molecule has 0 aromatic heterocycles. The van der Waals surface area contributed by atoms with Crippen LogP contribution in [0.25, 0.3) is 0 Å². The van der Waals surface area contributed by atoms with Gasteiger partial charge in [-0.3, -0.25) is 0 Å². The SMILES string of the molecule is C=C(CCCC)C(=O)OCCCCCCC. The number of hydrogen-bond donors (Lipinski definition) is 0. The summed E-state index contributed by atoms with van der Waals surface area (Å²) in [5, 5.41) is 0. The molecule has 0 fully saturated rings. The van der Waals surface area contributed by atoms with Crippen LogP contribution in [-0.2, 0) is 9.53 Å². The molecule has 0 unspecified atom stereocenters. The summed E-state index contributed by atoms with van der Waals surface area (Å²) < 4.78 is 5.14. The number of unbranched alkanes of at least 4 members (excludes halogenated alkanes) is 5. The Labute approximate surface area is 100 Å². The highest BCUT2D eigenvalue weighted by atomic mass is 16.5. The van der Waals surface area contributed by atoms with Gasteiger partial charge in [0, 0.05) is 5.57 Å². The molecule has 0 aliphatic carbocycles. The third-order valence-corrected chi connectivity index (χ3v) is 2.60. The molecule has 0 bridgehead atoms. The molecule has 0 aliphatic rings. The van der Waals surface area contributed by atoms with Gasteiger partial charge in [0.1, 0.15) is 0 Å². The van der Waals surface area contributed by atoms with Gasteiger partial charge in [0.2, 0.25) is 0 Å². The second-order valence-electron chi connectivity index (χ2n) is 4.26. The Balaban J connectivity index is 3.39. The van der Waals surface area contributed by atoms with Crippen LogP contribution in [0, 0.1) is 0 Å². The van der Waals surface area contributed by atoms with E-state index in [-0.39, 0.29) is 5.97 Å². The van der Waals surface area contributed by atoms with Gasteiger partial charge < -0.3 is 4.74 Å². The normalized spacial score (nSPS) is 10.1. The van der Waals surface area contributed by atoms with E-state index in [0.29, 0.717) is 12.2 Å². The summed E-state index contributed by atoms with van der Waals surface area (Å²) in [6, 6.07) is 0. The molecule has 0 saturated carbocycles. The van der Waals surface area contributed by atoms with Crippen molar-refractivity contribution in [3.05, 3.63) is 12.2 Å². The number of rotatable bonds is 10. The molecule has 0 rings (SSSR count). The molecule has 0 N–H and O–H groups in total. The minimum Gasteiger partial charge on any atom is -0.462 e. The Kier molecular flexibility index (Phi) is 10.2. The summed E-state index contributed by atoms with van der Waals surface area (Å²) in [6.07, 6.45) is 8.77. The van der Waals surface area contributed by atoms with Crippen molar-refractivity contribution in [1.29, 1.82) is 0 Å². The number of ether oxygens (including phenoxy) is 1. The monoisotopic (exact) mass is 226 g/mol. The van der Waals surface area contributed by atoms with Crippen LogP contribution in [0.2, 0.25) is 0 Å². The third-order valence-electron chi connectivity index (χ3n) is 2.60. The van der Waals surface area contributed by atoms with Crippen molar-refractivity contribution in [2.24, 2.45) is 0 Å². The lowest BCUT2D eigenvalue weighted by Crippen LogP contribution is -2.08. The van der Waals surface area contributed by atoms with Crippen molar-refractivity contribution in [1.82, 2.24) is 0 Å². The van der Waals surface area contributed by atoms with Gasteiger partial charge in [-0.15, -0.1) is 0 Å². The number of esters is 1. The smallest absolute Gasteiger partial charge is 0.333 e. The summed E-state index contributed by atoms with van der Waals surface area (Å²) in [4.78, 5) is 11.4. The lowest BCUT2D eigenvalue weighted by Gasteiger charge is -2.06. The number of carbonyl (C=O) groups is 1. The molecule has 0 radical (unpaired) electrons. The van der Waals surface area contributed by atoms with Gasteiger partial charge in [-0.25, -0.2) is 4.79 Å². The first-order valence-corrected chi connectivity index (χ1v) is 6.57. The summed E-state index contributed by atoms with van der Waals surface area (Å²) in [5.41, 5.74) is 0.621. The van der Waals surface area contributed by atoms with E-state index < -0.39 is 0 Å². The molecule has 0 spiro atoms. The van der Waals surface area contributed by atoms with Crippen LogP contribution in [0.15, 0.2) is 12.2 Å². The Morgan fingerprint density at radius 1 is 1.00 bits per heavy atom. The van der Waals surface area contributed by atoms with E-state index in [4.69, 9.17) is 4.74 Å². The maximum Gasteiger partial charge on any atom is 0.333 e. The number of hydrogen-bond acceptors (Lipinski definition) is 2. The lowest BCUT2D eigenvalue weighted by atomic mass is 10.1. The second-order valence-corrected chi connectivity index (χ2v) is 4.26. The molecule has 0 aliphatic heterocycles. The Morgan fingerprint density at radius 3 is 2.25 bits per heavy atom. The van der Waals surface area contributed by atoms with E-state index in [2.05, 4.69) is 20.4 Å². The van der Waals surface area contributed by atoms with E-state index in [1.165, 1.54) is 19.3 Å². The minimum atomic E-state index is -0.205. The highest BCUT2D eigenvalue weighted by Gasteiger charge is 2.06. The Hall–Kier alpha value is -0.790. The van der Waals surface area contributed by atoms with Crippen LogP contribution in [-0.4, -0.2) is 12.6 Å². The van der Waals surface area contributed by atoms with Crippen molar-refractivity contribution in [3.8, 4) is 0 Å². The quantitative estimate of drug-likeness (QED) is 0.316. The lowest BCUT2D eigenvalue weighted by molar-refractivity contribution is -0.139. The van der Waals surface area contributed by atoms with Gasteiger partial charge in [-0.05, 0) is 19.3 Å². The largest absolute Gasteiger partial charge is 0.462 e. The maximum atomic E-state index is 11.4. The van der Waals surface area contributed by atoms with E-state index in [9.17, 15) is 4.79 Å². The molecule has 94 valence electrons. The molecule has 2 heteroatoms. The highest BCUT2D eigenvalue weighted by molar-refractivity contribution is 5.87. The second kappa shape index (κ2) is 10.7. The fourth-order valence-electron chi connectivity index (χ4n) is 1.46. The highest BCUT2D eigenvalue weighted by Crippen LogP contribution is 2.08. The maximum absolute atomic E-state index is 11.4. The van der Waals surface area contributed by atoms with Crippen LogP contribution in [0.1, 0.15) is 65.2 Å². The zero-order valence-corrected chi connectivity index (χ0v) is 10.9. The zero-order valence-electron chi connectivity index (χ0n) is 10.9. The fraction of sp³-hybridized carbons (Fsp3) is 0.786. The summed E-state index contributed by atoms with van der Waals surface area (Å²) in [5.74, 6) is -0.205. The Morgan fingerprint density at radius 2 is 1.62 bits per heavy atom. The van der Waals surface area contributed by atoms with Crippen LogP contribution >= 0.6 is 0 Å². The average Bonchev–Trinajstić information content (AvgIpc) is 2.30. The first kappa shape index (κ1) is 15.2. The summed E-state index contributed by atoms with van der Waals surface area (Å²) in [7, 11) is 0. The van der Waals surface area contributed by atoms with Crippen LogP contribution in [0.5, 0.6) is 0 Å². The summed E-state index contributed by atoms with van der Waals surface area (Å²) in [6.45, 7) is 8.59. The molecule has 0 saturated heterocycles. The Bertz CT molecular complexity index is 197. The van der Waals surface area contributed by atoms with E-state index in [0.717, 1.165) is 32.1 Å².